The van der Waals surface area contributed by atoms with Crippen molar-refractivity contribution in [1.82, 2.24) is 30.2 Å². The first-order valence-electron chi connectivity index (χ1n) is 25.5. The van der Waals surface area contributed by atoms with Crippen molar-refractivity contribution in [2.24, 2.45) is 29.6 Å². The summed E-state index contributed by atoms with van der Waals surface area (Å²) >= 11 is 0. The summed E-state index contributed by atoms with van der Waals surface area (Å²) in [6, 6.07) is 4.95. The number of imide groups is 1. The molecule has 2 unspecified atom stereocenters. The largest absolute Gasteiger partial charge is 0.480 e. The van der Waals surface area contributed by atoms with Crippen molar-refractivity contribution >= 4 is 47.3 Å². The van der Waals surface area contributed by atoms with Gasteiger partial charge in [-0.15, -0.1) is 0 Å². The van der Waals surface area contributed by atoms with E-state index in [2.05, 4.69) is 10.6 Å². The van der Waals surface area contributed by atoms with E-state index in [0.717, 1.165) is 31.2 Å². The highest BCUT2D eigenvalue weighted by Gasteiger charge is 2.50. The molecule has 11 atom stereocenters. The number of likely N-dealkylation sites (tertiary alicyclic amines) is 1. The minimum atomic E-state index is -1.16. The average molecular weight is 979 g/mol. The lowest BCUT2D eigenvalue weighted by molar-refractivity contribution is -0.150. The molecule has 3 N–H and O–H groups in total. The second-order valence-corrected chi connectivity index (χ2v) is 20.5. The minimum absolute atomic E-state index is 0.0647. The molecule has 2 aliphatic heterocycles. The van der Waals surface area contributed by atoms with Crippen LogP contribution in [0.2, 0.25) is 0 Å². The van der Waals surface area contributed by atoms with E-state index in [0.29, 0.717) is 32.1 Å². The second kappa shape index (κ2) is 26.9. The lowest BCUT2D eigenvalue weighted by Gasteiger charge is -2.42. The maximum atomic E-state index is 15.0. The van der Waals surface area contributed by atoms with Gasteiger partial charge in [-0.3, -0.25) is 38.5 Å². The molecule has 1 aromatic carbocycles. The first kappa shape index (κ1) is 57.4. The van der Waals surface area contributed by atoms with Crippen LogP contribution in [0.3, 0.4) is 0 Å². The van der Waals surface area contributed by atoms with Gasteiger partial charge in [-0.2, -0.15) is 0 Å². The number of carboxylic acid groups (broad SMARTS) is 1. The first-order chi connectivity index (χ1) is 33.2. The monoisotopic (exact) mass is 979 g/mol. The molecular weight excluding hydrogens is 897 g/mol. The molecule has 2 fully saturated rings. The fourth-order valence-electron chi connectivity index (χ4n) is 11.0. The Hall–Kier alpha value is -5.16. The fourth-order valence-corrected chi connectivity index (χ4v) is 11.0. The van der Waals surface area contributed by atoms with Crippen LogP contribution in [0.15, 0.2) is 42.5 Å². The highest BCUT2D eigenvalue weighted by molar-refractivity contribution is 6.12. The number of carbonyl (C=O) groups is 8. The second-order valence-electron chi connectivity index (χ2n) is 20.5. The summed E-state index contributed by atoms with van der Waals surface area (Å²) in [6.07, 6.45) is 7.84. The Labute approximate surface area is 415 Å². The molecule has 0 bridgehead atoms. The summed E-state index contributed by atoms with van der Waals surface area (Å²) in [5.74, 6) is -4.94. The molecule has 7 amide bonds. The van der Waals surface area contributed by atoms with E-state index >= 15 is 0 Å². The van der Waals surface area contributed by atoms with Gasteiger partial charge in [0.05, 0.1) is 36.6 Å². The Morgan fingerprint density at radius 3 is 2.03 bits per heavy atom. The van der Waals surface area contributed by atoms with Crippen LogP contribution in [0.25, 0.3) is 0 Å². The molecule has 17 heteroatoms. The van der Waals surface area contributed by atoms with E-state index in [9.17, 15) is 43.5 Å². The lowest BCUT2D eigenvalue weighted by atomic mass is 9.83. The van der Waals surface area contributed by atoms with Gasteiger partial charge in [0.15, 0.2) is 0 Å². The molecule has 390 valence electrons. The Kier molecular flexibility index (Phi) is 22.1. The third-order valence-corrected chi connectivity index (χ3v) is 15.1. The summed E-state index contributed by atoms with van der Waals surface area (Å²) in [6.45, 7) is 13.4. The fraction of sp³-hybridized carbons (Fsp3) is 0.698. The topological polar surface area (TPSA) is 212 Å². The summed E-state index contributed by atoms with van der Waals surface area (Å²) in [4.78, 5) is 113. The van der Waals surface area contributed by atoms with Crippen molar-refractivity contribution < 1.29 is 52.9 Å². The maximum Gasteiger partial charge on any atom is 0.326 e. The molecule has 70 heavy (non-hydrogen) atoms. The van der Waals surface area contributed by atoms with Gasteiger partial charge < -0.3 is 39.9 Å². The van der Waals surface area contributed by atoms with Crippen LogP contribution >= 0.6 is 0 Å². The van der Waals surface area contributed by atoms with Gasteiger partial charge in [-0.1, -0.05) is 104 Å². The van der Waals surface area contributed by atoms with E-state index < -0.39 is 66.1 Å². The normalized spacial score (nSPS) is 21.4. The van der Waals surface area contributed by atoms with E-state index in [1.54, 1.807) is 25.9 Å². The van der Waals surface area contributed by atoms with Gasteiger partial charge in [0, 0.05) is 65.9 Å². The van der Waals surface area contributed by atoms with Crippen LogP contribution < -0.4 is 10.6 Å². The third-order valence-electron chi connectivity index (χ3n) is 15.1. The molecule has 0 spiro atoms. The van der Waals surface area contributed by atoms with Crippen LogP contribution in [-0.2, 0) is 54.3 Å². The Balaban J connectivity index is 1.49. The number of rotatable bonds is 27. The van der Waals surface area contributed by atoms with E-state index in [1.165, 1.54) is 36.2 Å². The van der Waals surface area contributed by atoms with Crippen molar-refractivity contribution in [3.05, 3.63) is 48.0 Å². The number of aliphatic carboxylic acids is 1. The smallest absolute Gasteiger partial charge is 0.326 e. The highest BCUT2D eigenvalue weighted by Crippen LogP contribution is 2.43. The zero-order chi connectivity index (χ0) is 52.0. The zero-order valence-electron chi connectivity index (χ0n) is 43.6. The van der Waals surface area contributed by atoms with Crippen LogP contribution in [-0.4, -0.2) is 155 Å². The van der Waals surface area contributed by atoms with E-state index in [4.69, 9.17) is 9.47 Å². The van der Waals surface area contributed by atoms with Crippen LogP contribution in [0.5, 0.6) is 0 Å². The van der Waals surface area contributed by atoms with Crippen molar-refractivity contribution in [1.29, 1.82) is 0 Å². The quantitative estimate of drug-likeness (QED) is 0.0789. The summed E-state index contributed by atoms with van der Waals surface area (Å²) in [5, 5.41) is 15.8. The number of fused-ring (bicyclic) bond motifs is 1. The number of nitrogens with one attached hydrogen (secondary N) is 2. The maximum absolute atomic E-state index is 15.0. The van der Waals surface area contributed by atoms with Crippen molar-refractivity contribution in [2.45, 2.75) is 174 Å². The number of unbranched alkanes of at least 4 members (excludes halogenated alkanes) is 2. The molecular formula is C53H82N6O11. The molecule has 1 aromatic rings. The Bertz CT molecular complexity index is 1980. The number of methoxy groups -OCH3 is 2. The lowest BCUT2D eigenvalue weighted by Crippen LogP contribution is -2.60. The van der Waals surface area contributed by atoms with Gasteiger partial charge in [-0.25, -0.2) is 4.79 Å². The molecule has 2 heterocycles. The number of hydrogen-bond donors (Lipinski definition) is 3. The summed E-state index contributed by atoms with van der Waals surface area (Å²) in [5.41, 5.74) is 0.771. The predicted molar refractivity (Wildman–Crippen MR) is 265 cm³/mol. The number of ether oxygens (including phenoxy) is 2. The van der Waals surface area contributed by atoms with E-state index in [1.807, 2.05) is 76.8 Å². The van der Waals surface area contributed by atoms with E-state index in [-0.39, 0.29) is 85.1 Å². The predicted octanol–water partition coefficient (Wildman–Crippen LogP) is 5.00. The number of carbonyl (C=O) groups excluding carboxylic acids is 7. The molecule has 17 nitrogen and oxygen atoms in total. The Morgan fingerprint density at radius 2 is 1.46 bits per heavy atom. The standard InChI is InChI=1S/C53H82N6O11/c1-12-34(6)48(57(9)52(66)46(32(2)3)55-51(65)47(33(4)5)56(8)42(60)25-17-14-20-28-58-43(61)26-27-44(58)62)41(69-10)31-45(63)59-39-24-19-18-23-37(39)30-40(59)49(70-11)35(7)50(64)54-38(53(67)68)29-36-21-15-13-16-22-36/h13,15-16,21-22,26-27,32-35,37-41,46-49H,12,14,17-20,23-25,28-31H2,1-11H3,(H,54,64)(H,55,65)(H,67,68)/t34-,35+,37?,38-,39?,40-,41+,46-,47-,48-,49+/m0/s1. The number of nitrogens with zero attached hydrogens (tertiary/aromatic N) is 4. The third kappa shape index (κ3) is 14.5. The number of likely N-dealkylation sites (N-methyl/N-ethyl adjacent to an activating group) is 2. The number of hydrogen-bond acceptors (Lipinski definition) is 10. The van der Waals surface area contributed by atoms with Gasteiger partial charge in [0.2, 0.25) is 29.5 Å². The van der Waals surface area contributed by atoms with Crippen molar-refractivity contribution in [2.75, 3.05) is 34.9 Å². The van der Waals surface area contributed by atoms with Crippen LogP contribution in [0, 0.1) is 29.6 Å². The van der Waals surface area contributed by atoms with Crippen molar-refractivity contribution in [3.63, 3.8) is 0 Å². The Morgan fingerprint density at radius 1 is 0.814 bits per heavy atom. The van der Waals surface area contributed by atoms with Gasteiger partial charge >= 0.3 is 5.97 Å². The highest BCUT2D eigenvalue weighted by atomic mass is 16.5. The molecule has 1 saturated carbocycles. The molecule has 1 aliphatic carbocycles. The van der Waals surface area contributed by atoms with Crippen molar-refractivity contribution in [3.8, 4) is 0 Å². The number of amides is 7. The first-order valence-corrected chi connectivity index (χ1v) is 25.5. The van der Waals surface area contributed by atoms with Gasteiger partial charge in [-0.05, 0) is 61.3 Å². The molecule has 0 aromatic heterocycles. The summed E-state index contributed by atoms with van der Waals surface area (Å²) < 4.78 is 12.3. The minimum Gasteiger partial charge on any atom is -0.480 e. The van der Waals surface area contributed by atoms with Gasteiger partial charge in [0.1, 0.15) is 18.1 Å². The van der Waals surface area contributed by atoms with Crippen LogP contribution in [0.1, 0.15) is 125 Å². The molecule has 1 saturated heterocycles. The molecule has 0 radical (unpaired) electrons. The molecule has 4 rings (SSSR count). The van der Waals surface area contributed by atoms with Crippen LogP contribution in [0.4, 0.5) is 0 Å². The SMILES string of the molecule is CC[C@H](C)[C@@H]([C@@H](CC(=O)N1C2CCCCC2C[C@H]1[C@H](OC)[C@@H](C)C(=O)N[C@@H](Cc1ccccc1)C(=O)O)OC)N(C)C(=O)[C@@H](NC(=O)[C@H](C(C)C)N(C)C(=O)CCCCCN1C(=O)C=CC1=O)C(C)C. The summed E-state index contributed by atoms with van der Waals surface area (Å²) in [7, 11) is 6.32. The molecule has 3 aliphatic rings. The van der Waals surface area contributed by atoms with Gasteiger partial charge in [0.25, 0.3) is 11.8 Å². The number of carboxylic acids is 1. The zero-order valence-corrected chi connectivity index (χ0v) is 43.6. The number of benzene rings is 1. The average Bonchev–Trinajstić information content (AvgIpc) is 3.87.